The average molecular weight is 1100 g/mol. The molecule has 0 spiro atoms. The van der Waals surface area contributed by atoms with Crippen LogP contribution in [0, 0.1) is 11.6 Å². The van der Waals surface area contributed by atoms with Gasteiger partial charge in [0, 0.05) is 33.3 Å². The summed E-state index contributed by atoms with van der Waals surface area (Å²) in [5.41, 5.74) is 15.4. The minimum atomic E-state index is -0.334. The molecule has 12 rings (SSSR count). The molecule has 0 N–H and O–H groups in total. The van der Waals surface area contributed by atoms with Gasteiger partial charge in [-0.25, -0.2) is 8.78 Å². The number of rotatable bonds is 10. The van der Waals surface area contributed by atoms with E-state index in [1.54, 1.807) is 12.1 Å². The first-order valence-corrected chi connectivity index (χ1v) is 29.5. The lowest BCUT2D eigenvalue weighted by atomic mass is 9.84. The average Bonchev–Trinajstić information content (AvgIpc) is 2.24. The van der Waals surface area contributed by atoms with Crippen molar-refractivity contribution in [2.75, 3.05) is 9.80 Å². The van der Waals surface area contributed by atoms with Crippen molar-refractivity contribution in [2.24, 2.45) is 0 Å². The lowest BCUT2D eigenvalue weighted by molar-refractivity contribution is 0.590. The molecule has 84 heavy (non-hydrogen) atoms. The summed E-state index contributed by atoms with van der Waals surface area (Å²) in [5, 5.41) is 6.09. The number of nitrogens with zero attached hydrogens (tertiary/aromatic N) is 2. The molecule has 12 aromatic rings. The lowest BCUT2D eigenvalue weighted by Crippen LogP contribution is -2.15. The highest BCUT2D eigenvalue weighted by Crippen LogP contribution is 2.52. The molecule has 0 fully saturated rings. The molecule has 0 bridgehead atoms. The Morgan fingerprint density at radius 3 is 0.917 bits per heavy atom. The van der Waals surface area contributed by atoms with Crippen LogP contribution in [0.3, 0.4) is 0 Å². The highest BCUT2D eigenvalue weighted by molar-refractivity contribution is 6.28. The van der Waals surface area contributed by atoms with Crippen LogP contribution in [0.1, 0.15) is 105 Å². The first kappa shape index (κ1) is 55.7. The summed E-state index contributed by atoms with van der Waals surface area (Å²) in [6.45, 7) is 26.6. The molecule has 4 heteroatoms. The molecule has 0 aliphatic heterocycles. The van der Waals surface area contributed by atoms with Crippen molar-refractivity contribution >= 4 is 66.4 Å². The van der Waals surface area contributed by atoms with Crippen molar-refractivity contribution in [3.05, 3.63) is 264 Å². The van der Waals surface area contributed by atoms with Gasteiger partial charge in [-0.05, 0) is 160 Å². The van der Waals surface area contributed by atoms with Gasteiger partial charge in [-0.2, -0.15) is 0 Å². The standard InChI is InChI=1S/C80H74F2N2/c1-77(2,3)59-27-19-23-53(43-59)57-47-67(55-25-21-29-61(45-55)79(7,8)9)75(69(81)49-57)83(63-31-15-13-16-32-63)71-41-37-51-36-40-66-72(42-38-52-35-39-65(71)73(51)74(52)66)84(64-33-17-14-18-34-64)76-68(56-26-22-30-62(46-56)80(10,11)12)48-58(50-70(76)82)54-24-20-28-60(44-54)78(4,5)6/h13-50H,1-12H3. The van der Waals surface area contributed by atoms with Crippen molar-refractivity contribution in [1.29, 1.82) is 0 Å². The number of benzene rings is 12. The van der Waals surface area contributed by atoms with E-state index in [1.807, 2.05) is 36.4 Å². The van der Waals surface area contributed by atoms with Gasteiger partial charge in [-0.15, -0.1) is 0 Å². The Balaban J connectivity index is 1.12. The van der Waals surface area contributed by atoms with E-state index in [9.17, 15) is 0 Å². The largest absolute Gasteiger partial charge is 0.307 e. The monoisotopic (exact) mass is 1100 g/mol. The number of hydrogen-bond acceptors (Lipinski definition) is 2. The van der Waals surface area contributed by atoms with Crippen LogP contribution < -0.4 is 9.80 Å². The van der Waals surface area contributed by atoms with Crippen molar-refractivity contribution in [2.45, 2.75) is 105 Å². The predicted molar refractivity (Wildman–Crippen MR) is 356 cm³/mol. The first-order valence-electron chi connectivity index (χ1n) is 29.5. The summed E-state index contributed by atoms with van der Waals surface area (Å²) in [6.07, 6.45) is 0. The Hall–Kier alpha value is -8.86. The minimum absolute atomic E-state index is 0.0962. The van der Waals surface area contributed by atoms with Gasteiger partial charge in [0.2, 0.25) is 0 Å². The van der Waals surface area contributed by atoms with Gasteiger partial charge in [0.15, 0.2) is 0 Å². The summed E-state index contributed by atoms with van der Waals surface area (Å²) >= 11 is 0. The highest BCUT2D eigenvalue weighted by atomic mass is 19.1. The van der Waals surface area contributed by atoms with E-state index in [0.717, 1.165) is 111 Å². The second kappa shape index (κ2) is 21.1. The zero-order valence-corrected chi connectivity index (χ0v) is 50.6. The number of hydrogen-bond donors (Lipinski definition) is 0. The molecule has 12 aromatic carbocycles. The van der Waals surface area contributed by atoms with Gasteiger partial charge < -0.3 is 9.80 Å². The van der Waals surface area contributed by atoms with Gasteiger partial charge >= 0.3 is 0 Å². The quantitative estimate of drug-likeness (QED) is 0.126. The summed E-state index contributed by atoms with van der Waals surface area (Å²) in [5.74, 6) is -0.669. The molecular formula is C80H74F2N2. The molecule has 0 unspecified atom stereocenters. The maximum atomic E-state index is 18.4. The van der Waals surface area contributed by atoms with Crippen LogP contribution in [0.2, 0.25) is 0 Å². The predicted octanol–water partition coefficient (Wildman–Crippen LogP) is 23.7. The molecule has 0 saturated carbocycles. The zero-order valence-electron chi connectivity index (χ0n) is 50.6. The van der Waals surface area contributed by atoms with Crippen molar-refractivity contribution in [1.82, 2.24) is 0 Å². The molecular weight excluding hydrogens is 1030 g/mol. The van der Waals surface area contributed by atoms with E-state index in [4.69, 9.17) is 0 Å². The maximum absolute atomic E-state index is 18.4. The second-order valence-corrected chi connectivity index (χ2v) is 27.0. The van der Waals surface area contributed by atoms with Gasteiger partial charge in [-0.1, -0.05) is 253 Å². The van der Waals surface area contributed by atoms with Crippen LogP contribution in [-0.4, -0.2) is 0 Å². The molecule has 0 aromatic heterocycles. The molecule has 0 atom stereocenters. The van der Waals surface area contributed by atoms with E-state index in [1.165, 1.54) is 11.1 Å². The number of anilines is 6. The van der Waals surface area contributed by atoms with Crippen molar-refractivity contribution in [3.8, 4) is 44.5 Å². The number of para-hydroxylation sites is 2. The molecule has 0 heterocycles. The lowest BCUT2D eigenvalue weighted by Gasteiger charge is -2.32. The van der Waals surface area contributed by atoms with Crippen molar-refractivity contribution < 1.29 is 8.78 Å². The molecule has 0 aliphatic rings. The van der Waals surface area contributed by atoms with E-state index >= 15 is 8.78 Å². The molecule has 0 aliphatic carbocycles. The molecule has 0 radical (unpaired) electrons. The summed E-state index contributed by atoms with van der Waals surface area (Å²) in [4.78, 5) is 4.25. The Morgan fingerprint density at radius 2 is 0.583 bits per heavy atom. The first-order chi connectivity index (χ1) is 40.0. The van der Waals surface area contributed by atoms with E-state index in [2.05, 4.69) is 275 Å². The van der Waals surface area contributed by atoms with Crippen molar-refractivity contribution in [3.63, 3.8) is 0 Å². The Kier molecular flexibility index (Phi) is 14.0. The van der Waals surface area contributed by atoms with Crippen LogP contribution in [0.25, 0.3) is 76.8 Å². The normalized spacial score (nSPS) is 12.4. The Morgan fingerprint density at radius 1 is 0.274 bits per heavy atom. The van der Waals surface area contributed by atoms with Gasteiger partial charge in [0.05, 0.1) is 22.7 Å². The van der Waals surface area contributed by atoms with Gasteiger partial charge in [0.1, 0.15) is 11.6 Å². The van der Waals surface area contributed by atoms with Gasteiger partial charge in [-0.3, -0.25) is 0 Å². The summed E-state index contributed by atoms with van der Waals surface area (Å²) < 4.78 is 36.8. The maximum Gasteiger partial charge on any atom is 0.148 e. The topological polar surface area (TPSA) is 6.48 Å². The molecule has 0 amide bonds. The fraction of sp³-hybridized carbons (Fsp3) is 0.200. The fourth-order valence-electron chi connectivity index (χ4n) is 12.2. The van der Waals surface area contributed by atoms with Crippen LogP contribution in [0.5, 0.6) is 0 Å². The SMILES string of the molecule is CC(C)(C)c1cccc(-c2cc(F)c(N(c3ccccc3)c3ccc4ccc5c(N(c6ccccc6)c6c(F)cc(-c7cccc(C(C)(C)C)c7)cc6-c6cccc(C(C)(C)C)c6)ccc6ccc3c4c65)c(-c3cccc(C(C)(C)C)c3)c2)c1. The van der Waals surface area contributed by atoms with E-state index in [-0.39, 0.29) is 33.3 Å². The van der Waals surface area contributed by atoms with Crippen LogP contribution in [-0.2, 0) is 21.7 Å². The van der Waals surface area contributed by atoms with Crippen LogP contribution in [0.15, 0.2) is 231 Å². The zero-order chi connectivity index (χ0) is 59.0. The van der Waals surface area contributed by atoms with Crippen LogP contribution >= 0.6 is 0 Å². The third kappa shape index (κ3) is 10.4. The number of halogens is 2. The highest BCUT2D eigenvalue weighted by Gasteiger charge is 2.30. The van der Waals surface area contributed by atoms with Gasteiger partial charge in [0.25, 0.3) is 0 Å². The molecule has 418 valence electrons. The summed E-state index contributed by atoms with van der Waals surface area (Å²) in [7, 11) is 0. The Labute approximate surface area is 496 Å². The van der Waals surface area contributed by atoms with E-state index < -0.39 is 0 Å². The van der Waals surface area contributed by atoms with E-state index in [0.29, 0.717) is 11.4 Å². The third-order valence-electron chi connectivity index (χ3n) is 16.9. The second-order valence-electron chi connectivity index (χ2n) is 27.0. The smallest absolute Gasteiger partial charge is 0.148 e. The Bertz CT molecular complexity index is 4150. The fourth-order valence-corrected chi connectivity index (χ4v) is 12.2. The molecule has 2 nitrogen and oxygen atoms in total. The minimum Gasteiger partial charge on any atom is -0.307 e. The summed E-state index contributed by atoms with van der Waals surface area (Å²) in [6, 6.07) is 79.9. The molecule has 0 saturated heterocycles. The third-order valence-corrected chi connectivity index (χ3v) is 16.9. The van der Waals surface area contributed by atoms with Crippen LogP contribution in [0.4, 0.5) is 42.9 Å².